The molecule has 1 aliphatic rings. The Labute approximate surface area is 114 Å². The number of hydrogen-bond acceptors (Lipinski definition) is 3. The summed E-state index contributed by atoms with van der Waals surface area (Å²) >= 11 is 1.29. The average Bonchev–Trinajstić information content (AvgIpc) is 2.77. The molecule has 2 aromatic rings. The van der Waals surface area contributed by atoms with E-state index < -0.39 is 5.82 Å². The first kappa shape index (κ1) is 12.0. The molecule has 0 unspecified atom stereocenters. The van der Waals surface area contributed by atoms with Crippen molar-refractivity contribution < 1.29 is 9.18 Å². The van der Waals surface area contributed by atoms with E-state index in [0.29, 0.717) is 10.5 Å². The van der Waals surface area contributed by atoms with Crippen molar-refractivity contribution in [2.24, 2.45) is 5.73 Å². The largest absolute Gasteiger partial charge is 0.397 e. The van der Waals surface area contributed by atoms with Gasteiger partial charge in [0, 0.05) is 16.0 Å². The molecule has 19 heavy (non-hydrogen) atoms. The quantitative estimate of drug-likeness (QED) is 0.808. The van der Waals surface area contributed by atoms with Gasteiger partial charge < -0.3 is 5.73 Å². The van der Waals surface area contributed by atoms with E-state index in [0.717, 1.165) is 4.90 Å². The first-order valence-electron chi connectivity index (χ1n) is 5.74. The van der Waals surface area contributed by atoms with E-state index in [1.807, 2.05) is 12.1 Å². The summed E-state index contributed by atoms with van der Waals surface area (Å²) < 4.78 is 13.7. The number of nitrogens with two attached hydrogens (primary N) is 1. The molecule has 2 aromatic carbocycles. The molecule has 0 atom stereocenters. The minimum absolute atomic E-state index is 0.138. The Kier molecular flexibility index (Phi) is 2.87. The molecule has 2 nitrogen and oxygen atoms in total. The van der Waals surface area contributed by atoms with Gasteiger partial charge in [-0.15, -0.1) is 0 Å². The van der Waals surface area contributed by atoms with Crippen molar-refractivity contribution >= 4 is 23.2 Å². The molecular formula is C15H10FNOS. The predicted octanol–water partition coefficient (Wildman–Crippen LogP) is 3.44. The van der Waals surface area contributed by atoms with Gasteiger partial charge in [-0.25, -0.2) is 4.39 Å². The first-order valence-corrected chi connectivity index (χ1v) is 6.56. The normalized spacial score (nSPS) is 16.4. The third kappa shape index (κ3) is 1.94. The predicted molar refractivity (Wildman–Crippen MR) is 74.1 cm³/mol. The standard InChI is InChI=1S/C15H10FNOS/c16-11-7-3-1-5-9(11)13(17)15-14(18)10-6-2-4-8-12(10)19-15/h1-8H,17H2/b15-13+. The molecular weight excluding hydrogens is 261 g/mol. The molecule has 0 bridgehead atoms. The second-order valence-corrected chi connectivity index (χ2v) is 5.20. The Balaban J connectivity index is 2.12. The van der Waals surface area contributed by atoms with Crippen LogP contribution in [0.3, 0.4) is 0 Å². The maximum Gasteiger partial charge on any atom is 0.202 e. The lowest BCUT2D eigenvalue weighted by Gasteiger charge is -2.05. The first-order chi connectivity index (χ1) is 9.18. The smallest absolute Gasteiger partial charge is 0.202 e. The number of halogens is 1. The molecule has 1 heterocycles. The monoisotopic (exact) mass is 271 g/mol. The van der Waals surface area contributed by atoms with E-state index in [2.05, 4.69) is 0 Å². The van der Waals surface area contributed by atoms with E-state index >= 15 is 0 Å². The second-order valence-electron chi connectivity index (χ2n) is 4.15. The summed E-state index contributed by atoms with van der Waals surface area (Å²) in [6.45, 7) is 0. The van der Waals surface area contributed by atoms with Crippen LogP contribution in [-0.2, 0) is 0 Å². The van der Waals surface area contributed by atoms with Crippen LogP contribution in [0.25, 0.3) is 5.70 Å². The summed E-state index contributed by atoms with van der Waals surface area (Å²) in [7, 11) is 0. The average molecular weight is 271 g/mol. The number of rotatable bonds is 1. The molecule has 3 rings (SSSR count). The lowest BCUT2D eigenvalue weighted by Crippen LogP contribution is -2.06. The highest BCUT2D eigenvalue weighted by molar-refractivity contribution is 8.05. The molecule has 4 heteroatoms. The molecule has 1 aliphatic heterocycles. The van der Waals surface area contributed by atoms with Crippen molar-refractivity contribution in [2.45, 2.75) is 4.90 Å². The van der Waals surface area contributed by atoms with Gasteiger partial charge in [-0.3, -0.25) is 4.79 Å². The van der Waals surface area contributed by atoms with Crippen molar-refractivity contribution in [3.8, 4) is 0 Å². The molecule has 94 valence electrons. The molecule has 0 fully saturated rings. The number of thioether (sulfide) groups is 1. The maximum atomic E-state index is 13.7. The Bertz CT molecular complexity index is 709. The van der Waals surface area contributed by atoms with Gasteiger partial charge in [0.1, 0.15) is 5.82 Å². The SMILES string of the molecule is N/C(=C1/Sc2ccccc2C1=O)c1ccccc1F. The van der Waals surface area contributed by atoms with E-state index in [1.54, 1.807) is 30.3 Å². The molecule has 0 saturated heterocycles. The van der Waals surface area contributed by atoms with Crippen LogP contribution in [0.2, 0.25) is 0 Å². The van der Waals surface area contributed by atoms with Gasteiger partial charge >= 0.3 is 0 Å². The maximum absolute atomic E-state index is 13.7. The van der Waals surface area contributed by atoms with Gasteiger partial charge in [0.25, 0.3) is 0 Å². The van der Waals surface area contributed by atoms with Gasteiger partial charge in [0.15, 0.2) is 0 Å². The fraction of sp³-hybridized carbons (Fsp3) is 0. The minimum Gasteiger partial charge on any atom is -0.397 e. The summed E-state index contributed by atoms with van der Waals surface area (Å²) in [6.07, 6.45) is 0. The van der Waals surface area contributed by atoms with Gasteiger partial charge in [-0.05, 0) is 24.3 Å². The van der Waals surface area contributed by atoms with Crippen LogP contribution >= 0.6 is 11.8 Å². The molecule has 0 spiro atoms. The highest BCUT2D eigenvalue weighted by atomic mass is 32.2. The number of ketones is 1. The fourth-order valence-corrected chi connectivity index (χ4v) is 3.06. The summed E-state index contributed by atoms with van der Waals surface area (Å²) in [4.78, 5) is 13.5. The lowest BCUT2D eigenvalue weighted by atomic mass is 10.1. The van der Waals surface area contributed by atoms with Crippen molar-refractivity contribution in [3.63, 3.8) is 0 Å². The van der Waals surface area contributed by atoms with E-state index in [4.69, 9.17) is 5.73 Å². The Morgan fingerprint density at radius 1 is 1.05 bits per heavy atom. The number of fused-ring (bicyclic) bond motifs is 1. The molecule has 0 aliphatic carbocycles. The Morgan fingerprint density at radius 2 is 1.74 bits per heavy atom. The number of benzene rings is 2. The molecule has 0 amide bonds. The minimum atomic E-state index is -0.420. The van der Waals surface area contributed by atoms with Crippen LogP contribution in [0.5, 0.6) is 0 Å². The van der Waals surface area contributed by atoms with Crippen LogP contribution in [0.1, 0.15) is 15.9 Å². The van der Waals surface area contributed by atoms with Crippen LogP contribution in [0, 0.1) is 5.82 Å². The second kappa shape index (κ2) is 4.55. The van der Waals surface area contributed by atoms with Crippen molar-refractivity contribution in [1.82, 2.24) is 0 Å². The summed E-state index contributed by atoms with van der Waals surface area (Å²) in [6, 6.07) is 13.5. The van der Waals surface area contributed by atoms with Gasteiger partial charge in [0.2, 0.25) is 5.78 Å². The van der Waals surface area contributed by atoms with Crippen LogP contribution in [0.4, 0.5) is 4.39 Å². The number of allylic oxidation sites excluding steroid dienone is 1. The zero-order valence-corrected chi connectivity index (χ0v) is 10.7. The number of hydrogen-bond donors (Lipinski definition) is 1. The van der Waals surface area contributed by atoms with E-state index in [1.165, 1.54) is 17.8 Å². The van der Waals surface area contributed by atoms with Gasteiger partial charge in [0.05, 0.1) is 10.6 Å². The molecule has 2 N–H and O–H groups in total. The van der Waals surface area contributed by atoms with Crippen molar-refractivity contribution in [2.75, 3.05) is 0 Å². The molecule has 0 radical (unpaired) electrons. The van der Waals surface area contributed by atoms with Crippen LogP contribution in [0.15, 0.2) is 58.3 Å². The zero-order valence-electron chi connectivity index (χ0n) is 9.89. The van der Waals surface area contributed by atoms with E-state index in [9.17, 15) is 9.18 Å². The van der Waals surface area contributed by atoms with Crippen molar-refractivity contribution in [3.05, 3.63) is 70.4 Å². The topological polar surface area (TPSA) is 43.1 Å². The van der Waals surface area contributed by atoms with Crippen LogP contribution in [-0.4, -0.2) is 5.78 Å². The summed E-state index contributed by atoms with van der Waals surface area (Å²) in [5, 5.41) is 0. The zero-order chi connectivity index (χ0) is 13.4. The third-order valence-electron chi connectivity index (χ3n) is 2.96. The fourth-order valence-electron chi connectivity index (χ4n) is 2.00. The third-order valence-corrected chi connectivity index (χ3v) is 4.14. The molecule has 0 aromatic heterocycles. The summed E-state index contributed by atoms with van der Waals surface area (Å²) in [5.74, 6) is -0.557. The number of Topliss-reactive ketones (excluding diaryl/α,β-unsaturated/α-hetero) is 1. The highest BCUT2D eigenvalue weighted by Crippen LogP contribution is 2.42. The number of carbonyl (C=O) groups is 1. The van der Waals surface area contributed by atoms with Gasteiger partial charge in [-0.1, -0.05) is 36.0 Å². The van der Waals surface area contributed by atoms with Crippen molar-refractivity contribution in [1.29, 1.82) is 0 Å². The Morgan fingerprint density at radius 3 is 2.47 bits per heavy atom. The number of carbonyl (C=O) groups excluding carboxylic acids is 1. The van der Waals surface area contributed by atoms with Crippen LogP contribution < -0.4 is 5.73 Å². The lowest BCUT2D eigenvalue weighted by molar-refractivity contribution is 0.104. The highest BCUT2D eigenvalue weighted by Gasteiger charge is 2.28. The summed E-state index contributed by atoms with van der Waals surface area (Å²) in [5.41, 5.74) is 7.06. The molecule has 0 saturated carbocycles. The Hall–Kier alpha value is -2.07. The van der Waals surface area contributed by atoms with E-state index in [-0.39, 0.29) is 17.0 Å². The van der Waals surface area contributed by atoms with Gasteiger partial charge in [-0.2, -0.15) is 0 Å².